The topological polar surface area (TPSA) is 65.3 Å². The molecule has 0 unspecified atom stereocenters. The second kappa shape index (κ2) is 7.67. The van der Waals surface area contributed by atoms with Crippen molar-refractivity contribution in [3.05, 3.63) is 88.8 Å². The van der Waals surface area contributed by atoms with Crippen LogP contribution in [0.25, 0.3) is 16.5 Å². The van der Waals surface area contributed by atoms with Crippen LogP contribution in [0.1, 0.15) is 5.69 Å². The van der Waals surface area contributed by atoms with E-state index in [4.69, 9.17) is 4.74 Å². The number of anilines is 1. The fourth-order valence-corrected chi connectivity index (χ4v) is 3.29. The van der Waals surface area contributed by atoms with Gasteiger partial charge in [-0.05, 0) is 42.0 Å². The molecule has 4 rings (SSSR count). The first-order valence-corrected chi connectivity index (χ1v) is 9.30. The Hall–Kier alpha value is -3.80. The Morgan fingerprint density at radius 1 is 0.966 bits per heavy atom. The van der Waals surface area contributed by atoms with Gasteiger partial charge in [0.2, 0.25) is 0 Å². The van der Waals surface area contributed by atoms with Gasteiger partial charge in [-0.1, -0.05) is 48.5 Å². The van der Waals surface area contributed by atoms with Crippen molar-refractivity contribution in [2.45, 2.75) is 6.92 Å². The maximum absolute atomic E-state index is 12.9. The minimum Gasteiger partial charge on any atom is -0.484 e. The molecule has 6 nitrogen and oxygen atoms in total. The molecule has 6 heteroatoms. The number of nitrogens with zero attached hydrogens (tertiary/aromatic N) is 2. The quantitative estimate of drug-likeness (QED) is 0.568. The van der Waals surface area contributed by atoms with Gasteiger partial charge in [-0.15, -0.1) is 0 Å². The summed E-state index contributed by atoms with van der Waals surface area (Å²) in [6, 6.07) is 22.9. The zero-order valence-corrected chi connectivity index (χ0v) is 16.3. The van der Waals surface area contributed by atoms with Crippen molar-refractivity contribution >= 4 is 22.4 Å². The average Bonchev–Trinajstić information content (AvgIpc) is 2.96. The average molecular weight is 387 g/mol. The van der Waals surface area contributed by atoms with Gasteiger partial charge in [0.25, 0.3) is 11.5 Å². The van der Waals surface area contributed by atoms with E-state index in [0.29, 0.717) is 11.4 Å². The Bertz CT molecular complexity index is 1240. The van der Waals surface area contributed by atoms with Gasteiger partial charge in [0.15, 0.2) is 6.61 Å². The molecule has 0 radical (unpaired) electrons. The fourth-order valence-electron chi connectivity index (χ4n) is 3.29. The van der Waals surface area contributed by atoms with Crippen LogP contribution >= 0.6 is 0 Å². The summed E-state index contributed by atoms with van der Waals surface area (Å²) in [5.41, 5.74) is 1.37. The minimum absolute atomic E-state index is 0.183. The molecule has 146 valence electrons. The zero-order valence-electron chi connectivity index (χ0n) is 16.3. The Morgan fingerprint density at radius 2 is 1.66 bits per heavy atom. The largest absolute Gasteiger partial charge is 0.484 e. The molecular formula is C23H21N3O3. The van der Waals surface area contributed by atoms with Crippen LogP contribution < -0.4 is 15.6 Å². The highest BCUT2D eigenvalue weighted by atomic mass is 16.5. The van der Waals surface area contributed by atoms with Crippen molar-refractivity contribution in [3.8, 4) is 11.4 Å². The molecule has 1 aromatic heterocycles. The van der Waals surface area contributed by atoms with E-state index in [-0.39, 0.29) is 23.8 Å². The fraction of sp³-hybridized carbons (Fsp3) is 0.130. The molecule has 1 amide bonds. The first kappa shape index (κ1) is 18.6. The Morgan fingerprint density at radius 3 is 2.41 bits per heavy atom. The third-order valence-corrected chi connectivity index (χ3v) is 4.91. The number of aromatic nitrogens is 2. The van der Waals surface area contributed by atoms with Gasteiger partial charge in [-0.3, -0.25) is 14.3 Å². The highest BCUT2D eigenvalue weighted by molar-refractivity contribution is 5.92. The van der Waals surface area contributed by atoms with Crippen LogP contribution in [0.5, 0.6) is 5.75 Å². The number of para-hydroxylation sites is 1. The second-order valence-electron chi connectivity index (χ2n) is 6.78. The van der Waals surface area contributed by atoms with E-state index in [1.54, 1.807) is 18.7 Å². The van der Waals surface area contributed by atoms with E-state index in [1.807, 2.05) is 72.8 Å². The minimum atomic E-state index is -0.385. The monoisotopic (exact) mass is 387 g/mol. The summed E-state index contributed by atoms with van der Waals surface area (Å²) < 4.78 is 8.86. The molecule has 0 saturated heterocycles. The summed E-state index contributed by atoms with van der Waals surface area (Å²) in [7, 11) is 1.78. The van der Waals surface area contributed by atoms with Crippen molar-refractivity contribution < 1.29 is 9.53 Å². The van der Waals surface area contributed by atoms with E-state index >= 15 is 0 Å². The smallest absolute Gasteiger partial charge is 0.295 e. The number of ether oxygens (including phenoxy) is 1. The first-order chi connectivity index (χ1) is 14.0. The lowest BCUT2D eigenvalue weighted by Gasteiger charge is -2.08. The molecule has 0 fully saturated rings. The molecule has 3 aromatic carbocycles. The molecule has 4 aromatic rings. The summed E-state index contributed by atoms with van der Waals surface area (Å²) in [6.07, 6.45) is 0. The predicted octanol–water partition coefficient (Wildman–Crippen LogP) is 3.66. The van der Waals surface area contributed by atoms with E-state index in [0.717, 1.165) is 16.5 Å². The normalized spacial score (nSPS) is 10.8. The highest BCUT2D eigenvalue weighted by Gasteiger charge is 2.18. The van der Waals surface area contributed by atoms with Crippen LogP contribution in [0.2, 0.25) is 0 Å². The van der Waals surface area contributed by atoms with Gasteiger partial charge in [0.1, 0.15) is 11.4 Å². The van der Waals surface area contributed by atoms with Gasteiger partial charge < -0.3 is 10.1 Å². The van der Waals surface area contributed by atoms with E-state index in [2.05, 4.69) is 5.32 Å². The molecule has 0 bridgehead atoms. The maximum Gasteiger partial charge on any atom is 0.295 e. The third-order valence-electron chi connectivity index (χ3n) is 4.91. The summed E-state index contributed by atoms with van der Waals surface area (Å²) in [4.78, 5) is 25.3. The number of hydrogen-bond acceptors (Lipinski definition) is 3. The molecular weight excluding hydrogens is 366 g/mol. The van der Waals surface area contributed by atoms with Crippen LogP contribution in [0, 0.1) is 6.92 Å². The molecule has 0 aliphatic carbocycles. The van der Waals surface area contributed by atoms with Crippen molar-refractivity contribution in [1.82, 2.24) is 9.36 Å². The van der Waals surface area contributed by atoms with Crippen LogP contribution in [-0.2, 0) is 11.8 Å². The lowest BCUT2D eigenvalue weighted by Crippen LogP contribution is -2.25. The number of carbonyl (C=O) groups excluding carboxylic acids is 1. The third kappa shape index (κ3) is 3.65. The van der Waals surface area contributed by atoms with Crippen LogP contribution in [-0.4, -0.2) is 21.9 Å². The number of hydrogen-bond donors (Lipinski definition) is 1. The number of fused-ring (bicyclic) bond motifs is 1. The van der Waals surface area contributed by atoms with Crippen LogP contribution in [0.15, 0.2) is 77.6 Å². The highest BCUT2D eigenvalue weighted by Crippen LogP contribution is 2.20. The lowest BCUT2D eigenvalue weighted by atomic mass is 10.1. The maximum atomic E-state index is 12.9. The standard InChI is InChI=1S/C23H21N3O3/c1-16-22(23(28)26(25(16)2)19-10-4-3-5-11-19)24-21(27)15-29-20-13-12-17-8-6-7-9-18(17)14-20/h3-14H,15H2,1-2H3,(H,24,27). The molecule has 0 atom stereocenters. The van der Waals surface area contributed by atoms with Crippen molar-refractivity contribution in [1.29, 1.82) is 0 Å². The van der Waals surface area contributed by atoms with Gasteiger partial charge in [0.05, 0.1) is 11.4 Å². The first-order valence-electron chi connectivity index (χ1n) is 9.30. The van der Waals surface area contributed by atoms with E-state index < -0.39 is 0 Å². The second-order valence-corrected chi connectivity index (χ2v) is 6.78. The predicted molar refractivity (Wildman–Crippen MR) is 114 cm³/mol. The van der Waals surface area contributed by atoms with Gasteiger partial charge in [-0.2, -0.15) is 0 Å². The molecule has 0 saturated carbocycles. The Labute approximate surface area is 167 Å². The lowest BCUT2D eigenvalue weighted by molar-refractivity contribution is -0.118. The molecule has 1 heterocycles. The van der Waals surface area contributed by atoms with Gasteiger partial charge >= 0.3 is 0 Å². The number of carbonyl (C=O) groups is 1. The number of amides is 1. The number of rotatable bonds is 5. The van der Waals surface area contributed by atoms with Gasteiger partial charge in [0, 0.05) is 7.05 Å². The summed E-state index contributed by atoms with van der Waals surface area (Å²) in [5, 5.41) is 4.84. The van der Waals surface area contributed by atoms with Gasteiger partial charge in [-0.25, -0.2) is 4.68 Å². The van der Waals surface area contributed by atoms with Crippen molar-refractivity contribution in [2.75, 3.05) is 11.9 Å². The summed E-state index contributed by atoms with van der Waals surface area (Å²) in [6.45, 7) is 1.61. The van der Waals surface area contributed by atoms with Crippen LogP contribution in [0.3, 0.4) is 0 Å². The van der Waals surface area contributed by atoms with Crippen molar-refractivity contribution in [3.63, 3.8) is 0 Å². The molecule has 0 aliphatic rings. The van der Waals surface area contributed by atoms with E-state index in [9.17, 15) is 9.59 Å². The summed E-state index contributed by atoms with van der Waals surface area (Å²) in [5.74, 6) is 0.217. The molecule has 29 heavy (non-hydrogen) atoms. The van der Waals surface area contributed by atoms with E-state index in [1.165, 1.54) is 4.68 Å². The Kier molecular flexibility index (Phi) is 4.91. The molecule has 1 N–H and O–H groups in total. The molecule has 0 spiro atoms. The van der Waals surface area contributed by atoms with Crippen molar-refractivity contribution in [2.24, 2.45) is 7.05 Å². The zero-order chi connectivity index (χ0) is 20.4. The SMILES string of the molecule is Cc1c(NC(=O)COc2ccc3ccccc3c2)c(=O)n(-c2ccccc2)n1C. The number of nitrogens with one attached hydrogen (secondary N) is 1. The Balaban J connectivity index is 1.50. The molecule has 0 aliphatic heterocycles. The summed E-state index contributed by atoms with van der Waals surface area (Å²) >= 11 is 0. The number of benzene rings is 3. The van der Waals surface area contributed by atoms with Crippen LogP contribution in [0.4, 0.5) is 5.69 Å².